The van der Waals surface area contributed by atoms with Crippen LogP contribution in [0.15, 0.2) is 24.3 Å². The van der Waals surface area contributed by atoms with Gasteiger partial charge in [0.25, 0.3) is 0 Å². The molecule has 2 heterocycles. The third-order valence-corrected chi connectivity index (χ3v) is 4.85. The molecule has 6 heteroatoms. The number of nitrogens with zero attached hydrogens (tertiary/aromatic N) is 3. The molecule has 1 atom stereocenters. The maximum Gasteiger partial charge on any atom is 0.220 e. The van der Waals surface area contributed by atoms with Gasteiger partial charge in [-0.15, -0.1) is 10.2 Å². The number of aryl methyl sites for hydroxylation is 2. The van der Waals surface area contributed by atoms with Crippen molar-refractivity contribution in [3.8, 4) is 0 Å². The van der Waals surface area contributed by atoms with Gasteiger partial charge in [0.15, 0.2) is 5.82 Å². The molecule has 1 aromatic carbocycles. The molecular formula is C18H23ClN4O. The van der Waals surface area contributed by atoms with Gasteiger partial charge in [0.2, 0.25) is 5.91 Å². The molecule has 0 saturated heterocycles. The van der Waals surface area contributed by atoms with Crippen molar-refractivity contribution >= 4 is 17.5 Å². The van der Waals surface area contributed by atoms with Crippen LogP contribution >= 0.6 is 11.6 Å². The van der Waals surface area contributed by atoms with Crippen LogP contribution in [0, 0.1) is 0 Å². The van der Waals surface area contributed by atoms with E-state index in [1.54, 1.807) is 0 Å². The molecule has 1 amide bonds. The zero-order valence-electron chi connectivity index (χ0n) is 14.0. The Hall–Kier alpha value is -1.88. The molecular weight excluding hydrogens is 324 g/mol. The Bertz CT molecular complexity index is 713. The quantitative estimate of drug-likeness (QED) is 0.901. The summed E-state index contributed by atoms with van der Waals surface area (Å²) in [4.78, 5) is 12.3. The number of nitrogens with one attached hydrogen (secondary N) is 1. The van der Waals surface area contributed by atoms with Crippen molar-refractivity contribution in [2.75, 3.05) is 0 Å². The molecule has 128 valence electrons. The highest BCUT2D eigenvalue weighted by Crippen LogP contribution is 2.19. The van der Waals surface area contributed by atoms with E-state index in [2.05, 4.69) is 20.1 Å². The Morgan fingerprint density at radius 2 is 2.12 bits per heavy atom. The number of carbonyl (C=O) groups is 1. The molecule has 0 unspecified atom stereocenters. The Labute approximate surface area is 147 Å². The lowest BCUT2D eigenvalue weighted by Gasteiger charge is -2.15. The maximum absolute atomic E-state index is 12.3. The molecule has 0 saturated carbocycles. The average molecular weight is 347 g/mol. The highest BCUT2D eigenvalue weighted by Gasteiger charge is 2.20. The van der Waals surface area contributed by atoms with Crippen molar-refractivity contribution in [2.24, 2.45) is 0 Å². The Kier molecular flexibility index (Phi) is 5.51. The summed E-state index contributed by atoms with van der Waals surface area (Å²) < 4.78 is 2.17. The number of hydrogen-bond donors (Lipinski definition) is 1. The Morgan fingerprint density at radius 3 is 2.96 bits per heavy atom. The molecule has 0 bridgehead atoms. The van der Waals surface area contributed by atoms with Crippen LogP contribution in [0.4, 0.5) is 0 Å². The zero-order valence-corrected chi connectivity index (χ0v) is 14.7. The summed E-state index contributed by atoms with van der Waals surface area (Å²) in [5.74, 6) is 1.91. The summed E-state index contributed by atoms with van der Waals surface area (Å²) in [5, 5.41) is 12.3. The number of carbonyl (C=O) groups excluding carboxylic acids is 1. The van der Waals surface area contributed by atoms with Crippen LogP contribution in [0.3, 0.4) is 0 Å². The molecule has 1 N–H and O–H groups in total. The minimum atomic E-state index is -0.136. The van der Waals surface area contributed by atoms with Crippen molar-refractivity contribution in [1.82, 2.24) is 20.1 Å². The summed E-state index contributed by atoms with van der Waals surface area (Å²) in [6.07, 6.45) is 5.55. The third-order valence-electron chi connectivity index (χ3n) is 4.48. The molecule has 3 rings (SSSR count). The second-order valence-corrected chi connectivity index (χ2v) is 6.72. The summed E-state index contributed by atoms with van der Waals surface area (Å²) in [5.41, 5.74) is 0.998. The largest absolute Gasteiger partial charge is 0.346 e. The average Bonchev–Trinajstić information content (AvgIpc) is 2.83. The first-order chi connectivity index (χ1) is 11.6. The van der Waals surface area contributed by atoms with Gasteiger partial charge in [-0.2, -0.15) is 0 Å². The van der Waals surface area contributed by atoms with E-state index in [0.717, 1.165) is 43.0 Å². The maximum atomic E-state index is 12.3. The van der Waals surface area contributed by atoms with E-state index in [0.29, 0.717) is 17.9 Å². The molecule has 2 aromatic rings. The monoisotopic (exact) mass is 346 g/mol. The number of rotatable bonds is 5. The van der Waals surface area contributed by atoms with Gasteiger partial charge in [0, 0.05) is 24.4 Å². The van der Waals surface area contributed by atoms with E-state index >= 15 is 0 Å². The smallest absolute Gasteiger partial charge is 0.220 e. The predicted octanol–water partition coefficient (Wildman–Crippen LogP) is 3.47. The van der Waals surface area contributed by atoms with Gasteiger partial charge < -0.3 is 9.88 Å². The molecule has 0 fully saturated rings. The van der Waals surface area contributed by atoms with E-state index < -0.39 is 0 Å². The van der Waals surface area contributed by atoms with Gasteiger partial charge in [-0.05, 0) is 37.8 Å². The molecule has 1 aliphatic heterocycles. The third kappa shape index (κ3) is 3.96. The fraction of sp³-hybridized carbons (Fsp3) is 0.500. The first-order valence-electron chi connectivity index (χ1n) is 8.60. The Morgan fingerprint density at radius 1 is 1.29 bits per heavy atom. The molecule has 1 aromatic heterocycles. The lowest BCUT2D eigenvalue weighted by atomic mass is 10.1. The van der Waals surface area contributed by atoms with Crippen molar-refractivity contribution in [2.45, 2.75) is 58.0 Å². The van der Waals surface area contributed by atoms with E-state index in [1.807, 2.05) is 31.2 Å². The SMILES string of the molecule is C[C@@H](NC(=O)CCc1ccccc1Cl)c1nnc2n1CCCCC2. The molecule has 1 aliphatic rings. The van der Waals surface area contributed by atoms with Crippen molar-refractivity contribution in [3.05, 3.63) is 46.5 Å². The second-order valence-electron chi connectivity index (χ2n) is 6.32. The highest BCUT2D eigenvalue weighted by molar-refractivity contribution is 6.31. The number of amides is 1. The highest BCUT2D eigenvalue weighted by atomic mass is 35.5. The molecule has 24 heavy (non-hydrogen) atoms. The van der Waals surface area contributed by atoms with Crippen LogP contribution in [-0.2, 0) is 24.2 Å². The minimum absolute atomic E-state index is 0.00777. The summed E-state index contributed by atoms with van der Waals surface area (Å²) in [6, 6.07) is 7.50. The number of halogens is 1. The standard InChI is InChI=1S/C18H23ClN4O/c1-13(18-22-21-16-9-3-2-6-12-23(16)18)20-17(24)11-10-14-7-4-5-8-15(14)19/h4-5,7-8,13H,2-3,6,9-12H2,1H3,(H,20,24)/t13-/m1/s1. The van der Waals surface area contributed by atoms with E-state index in [9.17, 15) is 4.79 Å². The summed E-state index contributed by atoms with van der Waals surface area (Å²) >= 11 is 6.14. The normalized spacial score (nSPS) is 15.4. The van der Waals surface area contributed by atoms with Crippen LogP contribution in [-0.4, -0.2) is 20.7 Å². The fourth-order valence-electron chi connectivity index (χ4n) is 3.16. The van der Waals surface area contributed by atoms with E-state index in [1.165, 1.54) is 6.42 Å². The Balaban J connectivity index is 1.58. The number of benzene rings is 1. The topological polar surface area (TPSA) is 59.8 Å². The van der Waals surface area contributed by atoms with Gasteiger partial charge in [-0.1, -0.05) is 36.2 Å². The number of fused-ring (bicyclic) bond motifs is 1. The van der Waals surface area contributed by atoms with Gasteiger partial charge in [-0.3, -0.25) is 4.79 Å². The zero-order chi connectivity index (χ0) is 16.9. The van der Waals surface area contributed by atoms with Crippen LogP contribution in [0.5, 0.6) is 0 Å². The van der Waals surface area contributed by atoms with Crippen LogP contribution < -0.4 is 5.32 Å². The first kappa shape index (κ1) is 17.0. The van der Waals surface area contributed by atoms with Crippen LogP contribution in [0.1, 0.15) is 55.9 Å². The van der Waals surface area contributed by atoms with Gasteiger partial charge in [0.05, 0.1) is 6.04 Å². The van der Waals surface area contributed by atoms with Crippen LogP contribution in [0.2, 0.25) is 5.02 Å². The molecule has 5 nitrogen and oxygen atoms in total. The molecule has 0 radical (unpaired) electrons. The van der Waals surface area contributed by atoms with Gasteiger partial charge in [-0.25, -0.2) is 0 Å². The van der Waals surface area contributed by atoms with E-state index in [4.69, 9.17) is 11.6 Å². The molecule has 0 spiro atoms. The van der Waals surface area contributed by atoms with Crippen molar-refractivity contribution in [1.29, 1.82) is 0 Å². The first-order valence-corrected chi connectivity index (χ1v) is 8.97. The second kappa shape index (κ2) is 7.79. The predicted molar refractivity (Wildman–Crippen MR) is 93.9 cm³/mol. The van der Waals surface area contributed by atoms with Crippen molar-refractivity contribution in [3.63, 3.8) is 0 Å². The lowest BCUT2D eigenvalue weighted by Crippen LogP contribution is -2.29. The fourth-order valence-corrected chi connectivity index (χ4v) is 3.39. The minimum Gasteiger partial charge on any atom is -0.346 e. The van der Waals surface area contributed by atoms with Gasteiger partial charge >= 0.3 is 0 Å². The lowest BCUT2D eigenvalue weighted by molar-refractivity contribution is -0.121. The summed E-state index contributed by atoms with van der Waals surface area (Å²) in [7, 11) is 0. The van der Waals surface area contributed by atoms with E-state index in [-0.39, 0.29) is 11.9 Å². The van der Waals surface area contributed by atoms with Gasteiger partial charge in [0.1, 0.15) is 5.82 Å². The molecule has 0 aliphatic carbocycles. The summed E-state index contributed by atoms with van der Waals surface area (Å²) in [6.45, 7) is 2.91. The number of aromatic nitrogens is 3. The van der Waals surface area contributed by atoms with Crippen molar-refractivity contribution < 1.29 is 4.79 Å². The van der Waals surface area contributed by atoms with Crippen LogP contribution in [0.25, 0.3) is 0 Å². The number of hydrogen-bond acceptors (Lipinski definition) is 3.